The van der Waals surface area contributed by atoms with Crippen molar-refractivity contribution in [3.05, 3.63) is 58.6 Å². The van der Waals surface area contributed by atoms with Gasteiger partial charge >= 0.3 is 0 Å². The Labute approximate surface area is 159 Å². The fourth-order valence-corrected chi connectivity index (χ4v) is 3.56. The largest absolute Gasteiger partial charge is 0.493 e. The highest BCUT2D eigenvalue weighted by Gasteiger charge is 2.25. The topological polar surface area (TPSA) is 43.2 Å². The number of ether oxygens (including phenoxy) is 2. The van der Waals surface area contributed by atoms with E-state index in [9.17, 15) is 4.79 Å². The van der Waals surface area contributed by atoms with Gasteiger partial charge in [0.25, 0.3) is 5.91 Å². The number of carbonyl (C=O) groups is 1. The predicted molar refractivity (Wildman–Crippen MR) is 101 cm³/mol. The molecular formula is C20H24ClN2O3+. The maximum atomic E-state index is 12.6. The second kappa shape index (κ2) is 8.43. The van der Waals surface area contributed by atoms with Crippen molar-refractivity contribution in [2.45, 2.75) is 6.54 Å². The summed E-state index contributed by atoms with van der Waals surface area (Å²) in [7, 11) is 3.31. The van der Waals surface area contributed by atoms with Crippen LogP contribution in [0.2, 0.25) is 5.02 Å². The molecule has 1 fully saturated rings. The Morgan fingerprint density at radius 3 is 2.50 bits per heavy atom. The highest BCUT2D eigenvalue weighted by Crippen LogP contribution is 2.30. The molecule has 2 aromatic rings. The van der Waals surface area contributed by atoms with E-state index in [1.807, 2.05) is 29.2 Å². The van der Waals surface area contributed by atoms with Gasteiger partial charge in [0.2, 0.25) is 0 Å². The number of amides is 1. The van der Waals surface area contributed by atoms with Crippen LogP contribution in [0.15, 0.2) is 42.5 Å². The third-order valence-electron chi connectivity index (χ3n) is 4.75. The van der Waals surface area contributed by atoms with Gasteiger partial charge < -0.3 is 19.3 Å². The Balaban J connectivity index is 1.62. The molecule has 1 aliphatic heterocycles. The standard InChI is InChI=1S/C20H23ClN2O3/c1-25-18-8-4-6-16(19(18)26-2)14-22-9-11-23(12-10-22)20(24)15-5-3-7-17(21)13-15/h3-8,13H,9-12,14H2,1-2H3/p+1. The van der Waals surface area contributed by atoms with Gasteiger partial charge in [0.05, 0.1) is 46.0 Å². The summed E-state index contributed by atoms with van der Waals surface area (Å²) < 4.78 is 10.9. The van der Waals surface area contributed by atoms with Crippen molar-refractivity contribution < 1.29 is 19.2 Å². The first-order valence-corrected chi connectivity index (χ1v) is 9.08. The lowest BCUT2D eigenvalue weighted by Gasteiger charge is -2.32. The number of halogens is 1. The van der Waals surface area contributed by atoms with Crippen molar-refractivity contribution in [3.8, 4) is 11.5 Å². The average Bonchev–Trinajstić information content (AvgIpc) is 2.67. The van der Waals surface area contributed by atoms with Gasteiger partial charge in [-0.3, -0.25) is 4.79 Å². The second-order valence-corrected chi connectivity index (χ2v) is 6.82. The van der Waals surface area contributed by atoms with E-state index >= 15 is 0 Å². The Bertz CT molecular complexity index is 773. The molecule has 0 aliphatic carbocycles. The van der Waals surface area contributed by atoms with Crippen LogP contribution in [-0.4, -0.2) is 51.2 Å². The molecule has 1 amide bonds. The summed E-state index contributed by atoms with van der Waals surface area (Å²) in [6.45, 7) is 4.10. The van der Waals surface area contributed by atoms with E-state index in [1.54, 1.807) is 26.4 Å². The van der Waals surface area contributed by atoms with Crippen LogP contribution in [0.3, 0.4) is 0 Å². The van der Waals surface area contributed by atoms with Crippen LogP contribution in [0, 0.1) is 0 Å². The molecule has 1 heterocycles. The van der Waals surface area contributed by atoms with Crippen molar-refractivity contribution >= 4 is 17.5 Å². The van der Waals surface area contributed by atoms with Crippen molar-refractivity contribution in [1.82, 2.24) is 4.90 Å². The zero-order valence-corrected chi connectivity index (χ0v) is 15.9. The number of hydrogen-bond donors (Lipinski definition) is 1. The first-order valence-electron chi connectivity index (χ1n) is 8.70. The van der Waals surface area contributed by atoms with Crippen molar-refractivity contribution in [2.24, 2.45) is 0 Å². The Morgan fingerprint density at radius 1 is 1.12 bits per heavy atom. The minimum atomic E-state index is 0.0468. The van der Waals surface area contributed by atoms with Gasteiger partial charge in [-0.25, -0.2) is 0 Å². The Morgan fingerprint density at radius 2 is 1.85 bits per heavy atom. The number of methoxy groups -OCH3 is 2. The summed E-state index contributed by atoms with van der Waals surface area (Å²) in [5.41, 5.74) is 1.77. The van der Waals surface area contributed by atoms with E-state index in [2.05, 4.69) is 6.07 Å². The summed E-state index contributed by atoms with van der Waals surface area (Å²) >= 11 is 6.00. The van der Waals surface area contributed by atoms with Gasteiger partial charge in [-0.15, -0.1) is 0 Å². The van der Waals surface area contributed by atoms with Crippen LogP contribution in [-0.2, 0) is 6.54 Å². The molecule has 0 unspecified atom stereocenters. The monoisotopic (exact) mass is 375 g/mol. The van der Waals surface area contributed by atoms with Crippen LogP contribution in [0.1, 0.15) is 15.9 Å². The molecule has 0 saturated carbocycles. The lowest BCUT2D eigenvalue weighted by molar-refractivity contribution is -0.917. The van der Waals surface area contributed by atoms with Crippen LogP contribution >= 0.6 is 11.6 Å². The number of rotatable bonds is 5. The molecule has 3 rings (SSSR count). The van der Waals surface area contributed by atoms with Crippen molar-refractivity contribution in [3.63, 3.8) is 0 Å². The number of hydrogen-bond acceptors (Lipinski definition) is 3. The number of quaternary nitrogens is 1. The van der Waals surface area contributed by atoms with E-state index in [0.717, 1.165) is 49.8 Å². The van der Waals surface area contributed by atoms with Gasteiger partial charge in [-0.1, -0.05) is 23.7 Å². The zero-order chi connectivity index (χ0) is 18.5. The molecule has 0 bridgehead atoms. The lowest BCUT2D eigenvalue weighted by Crippen LogP contribution is -3.13. The fourth-order valence-electron chi connectivity index (χ4n) is 3.37. The highest BCUT2D eigenvalue weighted by molar-refractivity contribution is 6.30. The maximum Gasteiger partial charge on any atom is 0.254 e. The molecule has 1 N–H and O–H groups in total. The van der Waals surface area contributed by atoms with E-state index in [1.165, 1.54) is 4.90 Å². The predicted octanol–water partition coefficient (Wildman–Crippen LogP) is 1.90. The molecule has 5 nitrogen and oxygen atoms in total. The minimum Gasteiger partial charge on any atom is -0.493 e. The normalized spacial score (nSPS) is 15.0. The molecule has 138 valence electrons. The fraction of sp³-hybridized carbons (Fsp3) is 0.350. The van der Waals surface area contributed by atoms with Crippen LogP contribution in [0.25, 0.3) is 0 Å². The number of piperazine rings is 1. The number of benzene rings is 2. The van der Waals surface area contributed by atoms with Gasteiger partial charge in [-0.2, -0.15) is 0 Å². The zero-order valence-electron chi connectivity index (χ0n) is 15.1. The third-order valence-corrected chi connectivity index (χ3v) is 4.99. The lowest BCUT2D eigenvalue weighted by atomic mass is 10.1. The molecule has 1 saturated heterocycles. The number of carbonyl (C=O) groups excluding carboxylic acids is 1. The molecule has 1 aliphatic rings. The number of para-hydroxylation sites is 1. The van der Waals surface area contributed by atoms with Gasteiger partial charge in [0.1, 0.15) is 6.54 Å². The molecule has 0 atom stereocenters. The van der Waals surface area contributed by atoms with Crippen LogP contribution in [0.4, 0.5) is 0 Å². The van der Waals surface area contributed by atoms with E-state index in [4.69, 9.17) is 21.1 Å². The average molecular weight is 376 g/mol. The second-order valence-electron chi connectivity index (χ2n) is 6.38. The first kappa shape index (κ1) is 18.5. The SMILES string of the molecule is COc1cccc(C[NH+]2CCN(C(=O)c3cccc(Cl)c3)CC2)c1OC. The smallest absolute Gasteiger partial charge is 0.254 e. The molecule has 0 aromatic heterocycles. The van der Waals surface area contributed by atoms with Gasteiger partial charge in [0, 0.05) is 10.6 Å². The van der Waals surface area contributed by atoms with Crippen LogP contribution < -0.4 is 14.4 Å². The summed E-state index contributed by atoms with van der Waals surface area (Å²) in [4.78, 5) is 15.9. The Kier molecular flexibility index (Phi) is 6.01. The summed E-state index contributed by atoms with van der Waals surface area (Å²) in [6.07, 6.45) is 0. The van der Waals surface area contributed by atoms with E-state index in [0.29, 0.717) is 10.6 Å². The summed E-state index contributed by atoms with van der Waals surface area (Å²) in [6, 6.07) is 13.1. The summed E-state index contributed by atoms with van der Waals surface area (Å²) in [5.74, 6) is 1.59. The van der Waals surface area contributed by atoms with Crippen molar-refractivity contribution in [1.29, 1.82) is 0 Å². The molecular weight excluding hydrogens is 352 g/mol. The van der Waals surface area contributed by atoms with E-state index < -0.39 is 0 Å². The van der Waals surface area contributed by atoms with Crippen molar-refractivity contribution in [2.75, 3.05) is 40.4 Å². The van der Waals surface area contributed by atoms with Gasteiger partial charge in [0.15, 0.2) is 11.5 Å². The number of nitrogens with zero attached hydrogens (tertiary/aromatic N) is 1. The van der Waals surface area contributed by atoms with Gasteiger partial charge in [-0.05, 0) is 30.3 Å². The highest BCUT2D eigenvalue weighted by atomic mass is 35.5. The summed E-state index contributed by atoms with van der Waals surface area (Å²) in [5, 5.41) is 0.588. The Hall–Kier alpha value is -2.24. The molecule has 6 heteroatoms. The third kappa shape index (κ3) is 4.11. The first-order chi connectivity index (χ1) is 12.6. The minimum absolute atomic E-state index is 0.0468. The van der Waals surface area contributed by atoms with E-state index in [-0.39, 0.29) is 5.91 Å². The molecule has 2 aromatic carbocycles. The maximum absolute atomic E-state index is 12.6. The molecule has 0 radical (unpaired) electrons. The molecule has 0 spiro atoms. The quantitative estimate of drug-likeness (QED) is 0.868. The number of nitrogens with one attached hydrogen (secondary N) is 1. The molecule has 26 heavy (non-hydrogen) atoms. The van der Waals surface area contributed by atoms with Crippen LogP contribution in [0.5, 0.6) is 11.5 Å².